The molecule has 158 valence electrons. The standard InChI is InChI=1S/C22H26N4O2S2/c1-5-10-26-20-19(30-22(26)29)21(28)25(13-23-20)12-18(27)24-15(4)17-8-6-16(7-9-17)11-14(2)3/h5-9,13-15H,1,10-12H2,2-4H3,(H,24,27). The molecule has 2 aromatic heterocycles. The summed E-state index contributed by atoms with van der Waals surface area (Å²) in [6, 6.07) is 8.12. The number of nitrogens with zero attached hydrogens (tertiary/aromatic N) is 3. The van der Waals surface area contributed by atoms with E-state index >= 15 is 0 Å². The maximum Gasteiger partial charge on any atom is 0.273 e. The highest BCUT2D eigenvalue weighted by Crippen LogP contribution is 2.18. The molecule has 1 amide bonds. The zero-order chi connectivity index (χ0) is 21.8. The number of carbonyl (C=O) groups excluding carboxylic acids is 1. The number of amides is 1. The van der Waals surface area contributed by atoms with Gasteiger partial charge in [0, 0.05) is 6.54 Å². The van der Waals surface area contributed by atoms with E-state index in [9.17, 15) is 9.59 Å². The first-order valence-corrected chi connectivity index (χ1v) is 11.1. The molecule has 0 saturated carbocycles. The normalized spacial score (nSPS) is 12.3. The number of aromatic nitrogens is 3. The Kier molecular flexibility index (Phi) is 6.99. The van der Waals surface area contributed by atoms with E-state index < -0.39 is 0 Å². The number of carbonyl (C=O) groups is 1. The average molecular weight is 443 g/mol. The molecule has 0 radical (unpaired) electrons. The summed E-state index contributed by atoms with van der Waals surface area (Å²) in [6.45, 7) is 10.4. The van der Waals surface area contributed by atoms with E-state index in [0.717, 1.165) is 12.0 Å². The Labute approximate surface area is 184 Å². The molecule has 1 unspecified atom stereocenters. The van der Waals surface area contributed by atoms with Gasteiger partial charge in [0.15, 0.2) is 9.60 Å². The fourth-order valence-electron chi connectivity index (χ4n) is 3.31. The van der Waals surface area contributed by atoms with E-state index in [2.05, 4.69) is 42.9 Å². The van der Waals surface area contributed by atoms with Crippen LogP contribution in [0.3, 0.4) is 0 Å². The lowest BCUT2D eigenvalue weighted by Gasteiger charge is -2.16. The molecule has 8 heteroatoms. The van der Waals surface area contributed by atoms with Crippen molar-refractivity contribution in [2.24, 2.45) is 5.92 Å². The van der Waals surface area contributed by atoms with Gasteiger partial charge in [-0.15, -0.1) is 6.58 Å². The Morgan fingerprint density at radius 3 is 2.63 bits per heavy atom. The Balaban J connectivity index is 1.72. The summed E-state index contributed by atoms with van der Waals surface area (Å²) in [7, 11) is 0. The Morgan fingerprint density at radius 1 is 1.30 bits per heavy atom. The van der Waals surface area contributed by atoms with E-state index in [1.807, 2.05) is 19.1 Å². The Morgan fingerprint density at radius 2 is 2.00 bits per heavy atom. The number of benzene rings is 1. The number of nitrogens with one attached hydrogen (secondary N) is 1. The smallest absolute Gasteiger partial charge is 0.273 e. The minimum atomic E-state index is -0.264. The largest absolute Gasteiger partial charge is 0.348 e. The summed E-state index contributed by atoms with van der Waals surface area (Å²) in [5.41, 5.74) is 2.57. The van der Waals surface area contributed by atoms with Crippen molar-refractivity contribution in [3.05, 3.63) is 68.7 Å². The molecule has 0 spiro atoms. The van der Waals surface area contributed by atoms with E-state index in [4.69, 9.17) is 12.2 Å². The maximum absolute atomic E-state index is 12.8. The molecule has 0 aliphatic rings. The first-order valence-electron chi connectivity index (χ1n) is 9.88. The third kappa shape index (κ3) is 4.94. The number of hydrogen-bond donors (Lipinski definition) is 1. The zero-order valence-corrected chi connectivity index (χ0v) is 19.1. The molecule has 2 heterocycles. The van der Waals surface area contributed by atoms with Gasteiger partial charge < -0.3 is 9.88 Å². The summed E-state index contributed by atoms with van der Waals surface area (Å²) in [6.07, 6.45) is 4.14. The second-order valence-corrected chi connectivity index (χ2v) is 9.37. The van der Waals surface area contributed by atoms with Gasteiger partial charge in [0.25, 0.3) is 5.56 Å². The third-order valence-electron chi connectivity index (χ3n) is 4.77. The lowest BCUT2D eigenvalue weighted by Crippen LogP contribution is -2.33. The van der Waals surface area contributed by atoms with Crippen molar-refractivity contribution in [2.45, 2.75) is 46.3 Å². The van der Waals surface area contributed by atoms with Crippen LogP contribution >= 0.6 is 23.6 Å². The number of rotatable bonds is 8. The van der Waals surface area contributed by atoms with Crippen molar-refractivity contribution >= 4 is 39.8 Å². The van der Waals surface area contributed by atoms with E-state index in [0.29, 0.717) is 26.8 Å². The van der Waals surface area contributed by atoms with Gasteiger partial charge in [0.05, 0.1) is 6.04 Å². The Hall–Kier alpha value is -2.58. The summed E-state index contributed by atoms with van der Waals surface area (Å²) >= 11 is 6.52. The molecule has 3 rings (SSSR count). The molecule has 6 nitrogen and oxygen atoms in total. The van der Waals surface area contributed by atoms with Gasteiger partial charge in [-0.2, -0.15) is 0 Å². The van der Waals surface area contributed by atoms with Crippen molar-refractivity contribution in [1.29, 1.82) is 0 Å². The predicted molar refractivity (Wildman–Crippen MR) is 124 cm³/mol. The lowest BCUT2D eigenvalue weighted by atomic mass is 10.00. The lowest BCUT2D eigenvalue weighted by molar-refractivity contribution is -0.122. The van der Waals surface area contributed by atoms with E-state index in [1.54, 1.807) is 10.6 Å². The van der Waals surface area contributed by atoms with Crippen molar-refractivity contribution < 1.29 is 4.79 Å². The predicted octanol–water partition coefficient (Wildman–Crippen LogP) is 4.25. The fourth-order valence-corrected chi connectivity index (χ4v) is 4.63. The SMILES string of the molecule is C=CCn1c(=S)sc2c(=O)n(CC(=O)NC(C)c3ccc(CC(C)C)cc3)cnc21. The fraction of sp³-hybridized carbons (Fsp3) is 0.364. The quantitative estimate of drug-likeness (QED) is 0.418. The van der Waals surface area contributed by atoms with Crippen LogP contribution in [0, 0.1) is 9.87 Å². The van der Waals surface area contributed by atoms with Gasteiger partial charge in [0.1, 0.15) is 17.6 Å². The molecule has 1 aromatic carbocycles. The van der Waals surface area contributed by atoms with Crippen LogP contribution in [-0.2, 0) is 24.3 Å². The van der Waals surface area contributed by atoms with Crippen LogP contribution in [0.25, 0.3) is 10.3 Å². The van der Waals surface area contributed by atoms with E-state index in [-0.39, 0.29) is 24.1 Å². The monoisotopic (exact) mass is 442 g/mol. The topological polar surface area (TPSA) is 68.9 Å². The Bertz CT molecular complexity index is 1170. The molecular weight excluding hydrogens is 416 g/mol. The minimum Gasteiger partial charge on any atom is -0.348 e. The average Bonchev–Trinajstić information content (AvgIpc) is 3.01. The van der Waals surface area contributed by atoms with Gasteiger partial charge in [-0.1, -0.05) is 55.5 Å². The van der Waals surface area contributed by atoms with Gasteiger partial charge in [-0.05, 0) is 42.6 Å². The van der Waals surface area contributed by atoms with Crippen LogP contribution in [0.5, 0.6) is 0 Å². The summed E-state index contributed by atoms with van der Waals surface area (Å²) < 4.78 is 4.09. The third-order valence-corrected chi connectivity index (χ3v) is 6.20. The molecule has 1 atom stereocenters. The molecule has 1 N–H and O–H groups in total. The van der Waals surface area contributed by atoms with Crippen molar-refractivity contribution in [2.75, 3.05) is 0 Å². The summed E-state index contributed by atoms with van der Waals surface area (Å²) in [5, 5.41) is 2.95. The maximum atomic E-state index is 12.8. The molecule has 30 heavy (non-hydrogen) atoms. The zero-order valence-electron chi connectivity index (χ0n) is 17.4. The van der Waals surface area contributed by atoms with Crippen LogP contribution in [0.15, 0.2) is 48.0 Å². The molecule has 0 aliphatic carbocycles. The van der Waals surface area contributed by atoms with Gasteiger partial charge in [-0.25, -0.2) is 4.98 Å². The second-order valence-electron chi connectivity index (χ2n) is 7.73. The van der Waals surface area contributed by atoms with Crippen molar-refractivity contribution in [1.82, 2.24) is 19.4 Å². The van der Waals surface area contributed by atoms with Gasteiger partial charge >= 0.3 is 0 Å². The molecule has 0 saturated heterocycles. The highest BCUT2D eigenvalue weighted by atomic mass is 32.1. The minimum absolute atomic E-state index is 0.0936. The second kappa shape index (κ2) is 9.49. The summed E-state index contributed by atoms with van der Waals surface area (Å²) in [5.74, 6) is 0.356. The van der Waals surface area contributed by atoms with Crippen molar-refractivity contribution in [3.8, 4) is 0 Å². The van der Waals surface area contributed by atoms with Crippen LogP contribution in [0.2, 0.25) is 0 Å². The molecule has 0 bridgehead atoms. The molecular formula is C22H26N4O2S2. The number of allylic oxidation sites excluding steroid dienone is 1. The first kappa shape index (κ1) is 22.1. The van der Waals surface area contributed by atoms with Crippen LogP contribution in [0.1, 0.15) is 37.9 Å². The summed E-state index contributed by atoms with van der Waals surface area (Å²) in [4.78, 5) is 29.7. The molecule has 3 aromatic rings. The number of fused-ring (bicyclic) bond motifs is 1. The van der Waals surface area contributed by atoms with Crippen LogP contribution in [-0.4, -0.2) is 20.0 Å². The van der Waals surface area contributed by atoms with Crippen LogP contribution in [0.4, 0.5) is 0 Å². The van der Waals surface area contributed by atoms with Gasteiger partial charge in [-0.3, -0.25) is 14.2 Å². The van der Waals surface area contributed by atoms with Crippen molar-refractivity contribution in [3.63, 3.8) is 0 Å². The first-order chi connectivity index (χ1) is 14.3. The molecule has 0 aliphatic heterocycles. The molecule has 0 fully saturated rings. The number of thiazole rings is 1. The number of hydrogen-bond acceptors (Lipinski definition) is 5. The van der Waals surface area contributed by atoms with Gasteiger partial charge in [0.2, 0.25) is 5.91 Å². The van der Waals surface area contributed by atoms with E-state index in [1.165, 1.54) is 27.8 Å². The highest BCUT2D eigenvalue weighted by molar-refractivity contribution is 7.73. The highest BCUT2D eigenvalue weighted by Gasteiger charge is 2.15. The van der Waals surface area contributed by atoms with Crippen LogP contribution < -0.4 is 10.9 Å².